The molecule has 1 aliphatic heterocycles. The molecule has 1 rings (SSSR count). The lowest BCUT2D eigenvalue weighted by Crippen LogP contribution is -2.35. The number of rotatable bonds is 10. The first-order valence-corrected chi connectivity index (χ1v) is 8.24. The fraction of sp³-hybridized carbons (Fsp3) is 1.00. The van der Waals surface area contributed by atoms with E-state index < -0.39 is 6.10 Å². The molecule has 0 aromatic heterocycles. The van der Waals surface area contributed by atoms with Crippen molar-refractivity contribution in [1.82, 2.24) is 10.2 Å². The van der Waals surface area contributed by atoms with Crippen LogP contribution < -0.4 is 5.32 Å². The molecule has 0 aromatic rings. The van der Waals surface area contributed by atoms with Crippen LogP contribution in [0.1, 0.15) is 40.5 Å². The van der Waals surface area contributed by atoms with Crippen molar-refractivity contribution in [2.45, 2.75) is 52.7 Å². The van der Waals surface area contributed by atoms with Crippen molar-refractivity contribution in [1.29, 1.82) is 0 Å². The summed E-state index contributed by atoms with van der Waals surface area (Å²) in [6.45, 7) is 14.3. The molecule has 0 spiro atoms. The average molecular weight is 286 g/mol. The minimum atomic E-state index is -0.395. The molecule has 0 bridgehead atoms. The molecule has 3 atom stereocenters. The normalized spacial score (nSPS) is 23.4. The van der Waals surface area contributed by atoms with Gasteiger partial charge in [0, 0.05) is 13.1 Å². The number of nitrogens with zero attached hydrogens (tertiary/aromatic N) is 1. The van der Waals surface area contributed by atoms with Crippen LogP contribution in [-0.2, 0) is 4.74 Å². The topological polar surface area (TPSA) is 44.7 Å². The molecule has 4 nitrogen and oxygen atoms in total. The Bertz CT molecular complexity index is 249. The second kappa shape index (κ2) is 9.72. The zero-order chi connectivity index (χ0) is 15.0. The van der Waals surface area contributed by atoms with E-state index in [4.69, 9.17) is 4.74 Å². The largest absolute Gasteiger partial charge is 0.389 e. The van der Waals surface area contributed by atoms with Crippen LogP contribution in [0.5, 0.6) is 0 Å². The van der Waals surface area contributed by atoms with Gasteiger partial charge in [0.25, 0.3) is 0 Å². The van der Waals surface area contributed by atoms with E-state index in [2.05, 4.69) is 37.9 Å². The van der Waals surface area contributed by atoms with Gasteiger partial charge in [-0.15, -0.1) is 0 Å². The van der Waals surface area contributed by atoms with Crippen LogP contribution in [0.15, 0.2) is 0 Å². The van der Waals surface area contributed by atoms with Crippen molar-refractivity contribution in [3.63, 3.8) is 0 Å². The third-order valence-electron chi connectivity index (χ3n) is 4.01. The predicted octanol–water partition coefficient (Wildman–Crippen LogP) is 1.73. The van der Waals surface area contributed by atoms with Crippen LogP contribution in [-0.4, -0.2) is 61.5 Å². The second-order valence-electron chi connectivity index (χ2n) is 6.63. The lowest BCUT2D eigenvalue weighted by Gasteiger charge is -2.19. The third kappa shape index (κ3) is 7.58. The monoisotopic (exact) mass is 286 g/mol. The Hall–Kier alpha value is -0.160. The molecule has 0 aromatic carbocycles. The third-order valence-corrected chi connectivity index (χ3v) is 4.01. The molecular weight excluding hydrogens is 252 g/mol. The fourth-order valence-corrected chi connectivity index (χ4v) is 2.89. The summed E-state index contributed by atoms with van der Waals surface area (Å²) in [5.41, 5.74) is 0. The number of nitrogens with one attached hydrogen (secondary N) is 1. The van der Waals surface area contributed by atoms with Gasteiger partial charge >= 0.3 is 0 Å². The summed E-state index contributed by atoms with van der Waals surface area (Å²) in [7, 11) is 0. The van der Waals surface area contributed by atoms with Gasteiger partial charge in [0.1, 0.15) is 0 Å². The molecule has 120 valence electrons. The highest BCUT2D eigenvalue weighted by molar-refractivity contribution is 4.76. The Labute approximate surface area is 124 Å². The van der Waals surface area contributed by atoms with Gasteiger partial charge in [-0.3, -0.25) is 0 Å². The highest BCUT2D eigenvalue weighted by Crippen LogP contribution is 2.14. The van der Waals surface area contributed by atoms with Crippen molar-refractivity contribution < 1.29 is 9.84 Å². The Balaban J connectivity index is 2.01. The van der Waals surface area contributed by atoms with Crippen molar-refractivity contribution >= 4 is 0 Å². The molecule has 0 radical (unpaired) electrons. The summed E-state index contributed by atoms with van der Waals surface area (Å²) in [6, 6.07) is 0. The maximum atomic E-state index is 9.91. The van der Waals surface area contributed by atoms with E-state index in [9.17, 15) is 5.11 Å². The molecule has 3 unspecified atom stereocenters. The summed E-state index contributed by atoms with van der Waals surface area (Å²) < 4.78 is 5.67. The van der Waals surface area contributed by atoms with E-state index in [1.807, 2.05) is 0 Å². The van der Waals surface area contributed by atoms with Crippen LogP contribution in [0.4, 0.5) is 0 Å². The van der Waals surface area contributed by atoms with Gasteiger partial charge in [-0.05, 0) is 51.2 Å². The van der Waals surface area contributed by atoms with E-state index in [1.54, 1.807) is 0 Å². The molecule has 4 heteroatoms. The highest BCUT2D eigenvalue weighted by Gasteiger charge is 2.20. The van der Waals surface area contributed by atoms with Crippen molar-refractivity contribution in [2.24, 2.45) is 11.8 Å². The van der Waals surface area contributed by atoms with E-state index in [0.29, 0.717) is 19.1 Å². The molecule has 2 N–H and O–H groups in total. The summed E-state index contributed by atoms with van der Waals surface area (Å²) in [5.74, 6) is 1.38. The molecule has 1 heterocycles. The zero-order valence-electron chi connectivity index (χ0n) is 13.8. The molecule has 0 saturated carbocycles. The molecule has 1 saturated heterocycles. The number of aliphatic hydroxyl groups is 1. The Kier molecular flexibility index (Phi) is 8.69. The first kappa shape index (κ1) is 17.9. The van der Waals surface area contributed by atoms with Gasteiger partial charge in [-0.1, -0.05) is 20.8 Å². The summed E-state index contributed by atoms with van der Waals surface area (Å²) in [5, 5.41) is 13.3. The van der Waals surface area contributed by atoms with Gasteiger partial charge in [0.15, 0.2) is 0 Å². The van der Waals surface area contributed by atoms with Crippen LogP contribution in [0.3, 0.4) is 0 Å². The minimum Gasteiger partial charge on any atom is -0.389 e. The number of hydrogen-bond donors (Lipinski definition) is 2. The first-order chi connectivity index (χ1) is 9.51. The van der Waals surface area contributed by atoms with Gasteiger partial charge in [0.05, 0.1) is 18.8 Å². The van der Waals surface area contributed by atoms with E-state index in [-0.39, 0.29) is 6.10 Å². The average Bonchev–Trinajstić information content (AvgIpc) is 2.83. The Morgan fingerprint density at radius 2 is 2.10 bits per heavy atom. The van der Waals surface area contributed by atoms with Gasteiger partial charge in [0.2, 0.25) is 0 Å². The fourth-order valence-electron chi connectivity index (χ4n) is 2.89. The van der Waals surface area contributed by atoms with Crippen molar-refractivity contribution in [3.8, 4) is 0 Å². The van der Waals surface area contributed by atoms with Crippen molar-refractivity contribution in [3.05, 3.63) is 0 Å². The maximum absolute atomic E-state index is 9.91. The second-order valence-corrected chi connectivity index (χ2v) is 6.63. The van der Waals surface area contributed by atoms with Crippen LogP contribution in [0, 0.1) is 11.8 Å². The number of hydrogen-bond acceptors (Lipinski definition) is 4. The number of ether oxygens (including phenoxy) is 1. The van der Waals surface area contributed by atoms with E-state index in [1.165, 1.54) is 19.5 Å². The highest BCUT2D eigenvalue weighted by atomic mass is 16.5. The van der Waals surface area contributed by atoms with Crippen molar-refractivity contribution in [2.75, 3.05) is 39.3 Å². The SMILES string of the molecule is CCN1CCC(CNCC(O)COC(C)CC(C)C)C1. The zero-order valence-corrected chi connectivity index (χ0v) is 13.8. The summed E-state index contributed by atoms with van der Waals surface area (Å²) in [6.07, 6.45) is 2.17. The number of likely N-dealkylation sites (tertiary alicyclic amines) is 1. The maximum Gasteiger partial charge on any atom is 0.0897 e. The Morgan fingerprint density at radius 1 is 1.35 bits per heavy atom. The standard InChI is InChI=1S/C16H34N2O2/c1-5-18-7-6-15(11-18)9-17-10-16(19)12-20-14(4)8-13(2)3/h13-17,19H,5-12H2,1-4H3. The van der Waals surface area contributed by atoms with Crippen LogP contribution >= 0.6 is 0 Å². The first-order valence-electron chi connectivity index (χ1n) is 8.24. The van der Waals surface area contributed by atoms with Gasteiger partial charge in [-0.25, -0.2) is 0 Å². The summed E-state index contributed by atoms with van der Waals surface area (Å²) >= 11 is 0. The molecule has 1 fully saturated rings. The lowest BCUT2D eigenvalue weighted by atomic mass is 10.1. The smallest absolute Gasteiger partial charge is 0.0897 e. The molecular formula is C16H34N2O2. The molecule has 0 amide bonds. The van der Waals surface area contributed by atoms with E-state index in [0.717, 1.165) is 25.4 Å². The van der Waals surface area contributed by atoms with Gasteiger partial charge in [-0.2, -0.15) is 0 Å². The minimum absolute atomic E-state index is 0.234. The molecule has 20 heavy (non-hydrogen) atoms. The van der Waals surface area contributed by atoms with Crippen LogP contribution in [0.2, 0.25) is 0 Å². The molecule has 1 aliphatic rings. The molecule has 0 aliphatic carbocycles. The predicted molar refractivity (Wildman–Crippen MR) is 84.0 cm³/mol. The number of aliphatic hydroxyl groups excluding tert-OH is 1. The van der Waals surface area contributed by atoms with Gasteiger partial charge < -0.3 is 20.1 Å². The quantitative estimate of drug-likeness (QED) is 0.642. The summed E-state index contributed by atoms with van der Waals surface area (Å²) in [4.78, 5) is 2.49. The Morgan fingerprint density at radius 3 is 2.70 bits per heavy atom. The van der Waals surface area contributed by atoms with Crippen LogP contribution in [0.25, 0.3) is 0 Å². The van der Waals surface area contributed by atoms with E-state index >= 15 is 0 Å². The lowest BCUT2D eigenvalue weighted by molar-refractivity contribution is -0.00865.